The summed E-state index contributed by atoms with van der Waals surface area (Å²) >= 11 is 0. The van der Waals surface area contributed by atoms with E-state index in [2.05, 4.69) is 20.3 Å². The molecule has 3 N–H and O–H groups in total. The van der Waals surface area contributed by atoms with Gasteiger partial charge in [0.05, 0.1) is 20.3 Å². The number of nitrogens with two attached hydrogens (primary N) is 1. The van der Waals surface area contributed by atoms with Crippen LogP contribution in [-0.4, -0.2) is 75.0 Å². The molecule has 0 spiro atoms. The largest absolute Gasteiger partial charge is 0.481 e. The van der Waals surface area contributed by atoms with Gasteiger partial charge in [-0.25, -0.2) is 13.6 Å². The van der Waals surface area contributed by atoms with Crippen molar-refractivity contribution in [1.82, 2.24) is 14.9 Å². The highest BCUT2D eigenvalue weighted by Gasteiger charge is 2.57. The lowest BCUT2D eigenvalue weighted by Gasteiger charge is -2.35. The van der Waals surface area contributed by atoms with Gasteiger partial charge in [0.25, 0.3) is 0 Å². The molecule has 2 amide bonds. The lowest BCUT2D eigenvalue weighted by Crippen LogP contribution is -2.58. The minimum Gasteiger partial charge on any atom is -0.481 e. The van der Waals surface area contributed by atoms with Gasteiger partial charge in [-0.2, -0.15) is 9.97 Å². The topological polar surface area (TPSA) is 166 Å². The number of nitrogens with zero attached hydrogens (tertiary/aromatic N) is 4. The molecule has 1 aliphatic rings. The Morgan fingerprint density at radius 1 is 1.21 bits per heavy atom. The molecule has 0 fully saturated rings. The summed E-state index contributed by atoms with van der Waals surface area (Å²) in [6.45, 7) is 0. The molecule has 2 rings (SSSR count). The molecule has 0 radical (unpaired) electrons. The van der Waals surface area contributed by atoms with E-state index in [1.54, 1.807) is 0 Å². The van der Waals surface area contributed by atoms with Gasteiger partial charge < -0.3 is 14.4 Å². The monoisotopic (exact) mass is 412 g/mol. The normalized spacial score (nSPS) is 21.1. The molecule has 0 aromatic carbocycles. The zero-order valence-electron chi connectivity index (χ0n) is 15.6. The van der Waals surface area contributed by atoms with Crippen LogP contribution in [-0.2, 0) is 19.6 Å². The van der Waals surface area contributed by atoms with E-state index in [-0.39, 0.29) is 17.7 Å². The van der Waals surface area contributed by atoms with Gasteiger partial charge in [0.15, 0.2) is 10.8 Å². The molecule has 0 bridgehead atoms. The number of amides is 2. The number of hydrogen-bond acceptors (Lipinski definition) is 9. The molecule has 28 heavy (non-hydrogen) atoms. The molecule has 152 valence electrons. The third kappa shape index (κ3) is 3.94. The molecule has 2 atom stereocenters. The maximum absolute atomic E-state index is 13.1. The summed E-state index contributed by atoms with van der Waals surface area (Å²) in [4.78, 5) is 38.7. The number of dihydropyridines is 1. The molecule has 1 aromatic rings. The van der Waals surface area contributed by atoms with Crippen LogP contribution < -0.4 is 19.9 Å². The summed E-state index contributed by atoms with van der Waals surface area (Å²) in [5.41, 5.74) is -2.26. The van der Waals surface area contributed by atoms with E-state index in [9.17, 15) is 18.0 Å². The van der Waals surface area contributed by atoms with Crippen molar-refractivity contribution >= 4 is 34.0 Å². The van der Waals surface area contributed by atoms with Crippen LogP contribution in [0.2, 0.25) is 0 Å². The maximum Gasteiger partial charge on any atom is 0.249 e. The molecular weight excluding hydrogens is 392 g/mol. The third-order valence-corrected chi connectivity index (χ3v) is 4.94. The zero-order chi connectivity index (χ0) is 21.1. The van der Waals surface area contributed by atoms with E-state index in [0.29, 0.717) is 0 Å². The number of allylic oxidation sites excluding steroid dienone is 1. The molecule has 0 saturated carbocycles. The molecule has 13 heteroatoms. The summed E-state index contributed by atoms with van der Waals surface area (Å²) < 4.78 is 34.2. The van der Waals surface area contributed by atoms with E-state index in [4.69, 9.17) is 14.6 Å². The first-order valence-corrected chi connectivity index (χ1v) is 9.40. The number of carbonyl (C=O) groups is 2. The molecule has 1 aromatic heterocycles. The van der Waals surface area contributed by atoms with E-state index in [1.165, 1.54) is 40.5 Å². The van der Waals surface area contributed by atoms with Crippen molar-refractivity contribution in [1.29, 1.82) is 0 Å². The zero-order valence-corrected chi connectivity index (χ0v) is 16.4. The van der Waals surface area contributed by atoms with E-state index in [0.717, 1.165) is 17.2 Å². The van der Waals surface area contributed by atoms with Crippen LogP contribution in [0.5, 0.6) is 11.8 Å². The second kappa shape index (κ2) is 7.90. The summed E-state index contributed by atoms with van der Waals surface area (Å²) in [7, 11) is 1.01. The van der Waals surface area contributed by atoms with Crippen molar-refractivity contribution in [3.8, 4) is 11.8 Å². The highest BCUT2D eigenvalue weighted by molar-refractivity contribution is 7.89. The van der Waals surface area contributed by atoms with Gasteiger partial charge in [-0.15, -0.1) is 0 Å². The van der Waals surface area contributed by atoms with E-state index in [1.807, 2.05) is 0 Å². The van der Waals surface area contributed by atoms with Crippen LogP contribution in [0.15, 0.2) is 23.2 Å². The van der Waals surface area contributed by atoms with Crippen LogP contribution in [0, 0.1) is 5.41 Å². The van der Waals surface area contributed by atoms with Crippen molar-refractivity contribution in [2.75, 3.05) is 33.6 Å². The Balaban J connectivity index is 2.57. The number of aliphatic imine (C=N–C) groups is 1. The Bertz CT molecular complexity index is 922. The number of primary sulfonamides is 1. The lowest BCUT2D eigenvalue weighted by molar-refractivity contribution is -0.143. The number of ether oxygens (including phenoxy) is 2. The number of aromatic nitrogens is 2. The number of hydrogen-bond donors (Lipinski definition) is 2. The average Bonchev–Trinajstić information content (AvgIpc) is 2.65. The van der Waals surface area contributed by atoms with Crippen LogP contribution in [0.25, 0.3) is 0 Å². The van der Waals surface area contributed by atoms with Crippen molar-refractivity contribution < 1.29 is 27.5 Å². The van der Waals surface area contributed by atoms with Crippen molar-refractivity contribution in [2.45, 2.75) is 5.37 Å². The number of carbonyl (C=O) groups excluding carboxylic acids is 2. The SMILES string of the molecule is COc1cc(OC)nc(NC(=O)C2(C(=O)N(C)C)C=CC=NC2S(N)(=O)=O)n1. The number of anilines is 1. The standard InChI is InChI=1S/C15H20N6O6S/c1-21(2)13(23)15(6-5-7-17-12(15)28(16,24)25)11(22)20-14-18-9(26-3)8-10(19-14)27-4/h5-8,12H,1-4H3,(H2,16,24,25)(H,18,19,20,22). The highest BCUT2D eigenvalue weighted by Crippen LogP contribution is 2.35. The Labute approximate surface area is 161 Å². The number of methoxy groups -OCH3 is 2. The molecular formula is C15H20N6O6S. The Morgan fingerprint density at radius 2 is 1.79 bits per heavy atom. The first-order valence-electron chi connectivity index (χ1n) is 7.79. The van der Waals surface area contributed by atoms with Crippen molar-refractivity contribution in [3.05, 3.63) is 18.2 Å². The van der Waals surface area contributed by atoms with Gasteiger partial charge in [-0.1, -0.05) is 6.08 Å². The maximum atomic E-state index is 13.1. The molecule has 12 nitrogen and oxygen atoms in total. The van der Waals surface area contributed by atoms with E-state index < -0.39 is 32.6 Å². The van der Waals surface area contributed by atoms with Gasteiger partial charge in [0, 0.05) is 20.3 Å². The van der Waals surface area contributed by atoms with Crippen LogP contribution in [0.3, 0.4) is 0 Å². The predicted octanol–water partition coefficient (Wildman–Crippen LogP) is -1.24. The van der Waals surface area contributed by atoms with Gasteiger partial charge in [0.1, 0.15) is 0 Å². The summed E-state index contributed by atoms with van der Waals surface area (Å²) in [6.07, 6.45) is 3.56. The number of rotatable bonds is 6. The number of sulfonamides is 1. The molecule has 0 saturated heterocycles. The first kappa shape index (κ1) is 21.2. The predicted molar refractivity (Wildman–Crippen MR) is 99.4 cm³/mol. The first-order chi connectivity index (χ1) is 13.1. The molecule has 2 unspecified atom stereocenters. The summed E-state index contributed by atoms with van der Waals surface area (Å²) in [6, 6.07) is 1.37. The second-order valence-electron chi connectivity index (χ2n) is 5.90. The van der Waals surface area contributed by atoms with Crippen molar-refractivity contribution in [3.63, 3.8) is 0 Å². The summed E-state index contributed by atoms with van der Waals surface area (Å²) in [5.74, 6) is -1.98. The minimum absolute atomic E-state index is 0.0790. The highest BCUT2D eigenvalue weighted by atomic mass is 32.2. The van der Waals surface area contributed by atoms with Gasteiger partial charge in [-0.3, -0.25) is 19.9 Å². The van der Waals surface area contributed by atoms with Crippen molar-refractivity contribution in [2.24, 2.45) is 15.5 Å². The minimum atomic E-state index is -4.42. The fraction of sp³-hybridized carbons (Fsp3) is 0.400. The fourth-order valence-corrected chi connectivity index (χ4v) is 3.62. The van der Waals surface area contributed by atoms with Crippen LogP contribution in [0.1, 0.15) is 0 Å². The second-order valence-corrected chi connectivity index (χ2v) is 7.52. The van der Waals surface area contributed by atoms with Crippen LogP contribution >= 0.6 is 0 Å². The van der Waals surface area contributed by atoms with Crippen LogP contribution in [0.4, 0.5) is 5.95 Å². The fourth-order valence-electron chi connectivity index (χ4n) is 2.57. The Morgan fingerprint density at radius 3 is 2.25 bits per heavy atom. The average molecular weight is 412 g/mol. The van der Waals surface area contributed by atoms with E-state index >= 15 is 0 Å². The number of nitrogens with one attached hydrogen (secondary N) is 1. The molecule has 1 aliphatic heterocycles. The lowest BCUT2D eigenvalue weighted by atomic mass is 9.83. The van der Waals surface area contributed by atoms with Gasteiger partial charge in [-0.05, 0) is 6.08 Å². The molecule has 2 heterocycles. The quantitative estimate of drug-likeness (QED) is 0.547. The third-order valence-electron chi connectivity index (χ3n) is 3.83. The van der Waals surface area contributed by atoms with Gasteiger partial charge in [0.2, 0.25) is 39.5 Å². The molecule has 0 aliphatic carbocycles. The Hall–Kier alpha value is -3.06. The van der Waals surface area contributed by atoms with Gasteiger partial charge >= 0.3 is 0 Å². The smallest absolute Gasteiger partial charge is 0.249 e. The summed E-state index contributed by atoms with van der Waals surface area (Å²) in [5, 5.41) is 5.71. The Kier molecular flexibility index (Phi) is 5.99.